The largest absolute Gasteiger partial charge is 0.493 e. The van der Waals surface area contributed by atoms with Crippen molar-refractivity contribution < 1.29 is 13.9 Å². The fourth-order valence-electron chi connectivity index (χ4n) is 3.15. The average molecular weight is 337 g/mol. The number of carbonyl (C=O) groups excluding carboxylic acids is 1. The van der Waals surface area contributed by atoms with Crippen LogP contribution in [0.5, 0.6) is 5.75 Å². The van der Waals surface area contributed by atoms with Crippen molar-refractivity contribution in [3.63, 3.8) is 0 Å². The Kier molecular flexibility index (Phi) is 4.79. The van der Waals surface area contributed by atoms with Gasteiger partial charge in [0.2, 0.25) is 0 Å². The summed E-state index contributed by atoms with van der Waals surface area (Å²) in [5.74, 6) is 0.700. The highest BCUT2D eigenvalue weighted by Gasteiger charge is 2.19. The van der Waals surface area contributed by atoms with Crippen LogP contribution in [0.4, 0.5) is 0 Å². The summed E-state index contributed by atoms with van der Waals surface area (Å²) in [6.07, 6.45) is 0.805. The van der Waals surface area contributed by atoms with E-state index in [1.54, 1.807) is 13.2 Å². The summed E-state index contributed by atoms with van der Waals surface area (Å²) in [5.41, 5.74) is 4.12. The van der Waals surface area contributed by atoms with Gasteiger partial charge in [-0.3, -0.25) is 4.79 Å². The van der Waals surface area contributed by atoms with E-state index in [9.17, 15) is 4.79 Å². The first-order valence-electron chi connectivity index (χ1n) is 8.48. The van der Waals surface area contributed by atoms with Crippen LogP contribution >= 0.6 is 0 Å². The summed E-state index contributed by atoms with van der Waals surface area (Å²) in [7, 11) is 1.59. The van der Waals surface area contributed by atoms with E-state index >= 15 is 0 Å². The minimum Gasteiger partial charge on any atom is -0.493 e. The molecule has 130 valence electrons. The van der Waals surface area contributed by atoms with Crippen molar-refractivity contribution in [2.45, 2.75) is 33.2 Å². The molecule has 1 unspecified atom stereocenters. The molecule has 0 radical (unpaired) electrons. The normalized spacial score (nSPS) is 12.2. The molecule has 0 bridgehead atoms. The van der Waals surface area contributed by atoms with E-state index in [0.29, 0.717) is 17.1 Å². The smallest absolute Gasteiger partial charge is 0.287 e. The Labute approximate surface area is 147 Å². The molecular formula is C21H23NO3. The van der Waals surface area contributed by atoms with Gasteiger partial charge in [0.1, 0.15) is 0 Å². The second kappa shape index (κ2) is 7.01. The highest BCUT2D eigenvalue weighted by atomic mass is 16.5. The third-order valence-corrected chi connectivity index (χ3v) is 4.47. The second-order valence-electron chi connectivity index (χ2n) is 6.28. The maximum atomic E-state index is 12.7. The van der Waals surface area contributed by atoms with Crippen LogP contribution in [0.2, 0.25) is 0 Å². The number of fused-ring (bicyclic) bond motifs is 1. The van der Waals surface area contributed by atoms with Crippen molar-refractivity contribution in [3.8, 4) is 5.75 Å². The van der Waals surface area contributed by atoms with E-state index in [4.69, 9.17) is 9.15 Å². The molecule has 3 rings (SSSR count). The van der Waals surface area contributed by atoms with Crippen LogP contribution in [0.15, 0.2) is 46.9 Å². The van der Waals surface area contributed by atoms with Gasteiger partial charge in [-0.15, -0.1) is 0 Å². The number of ether oxygens (including phenoxy) is 1. The van der Waals surface area contributed by atoms with Crippen LogP contribution in [0.25, 0.3) is 11.0 Å². The van der Waals surface area contributed by atoms with Crippen LogP contribution in [-0.2, 0) is 0 Å². The predicted molar refractivity (Wildman–Crippen MR) is 99.2 cm³/mol. The van der Waals surface area contributed by atoms with Gasteiger partial charge < -0.3 is 14.5 Å². The summed E-state index contributed by atoms with van der Waals surface area (Å²) >= 11 is 0. The molecule has 0 aliphatic rings. The Balaban J connectivity index is 1.87. The van der Waals surface area contributed by atoms with E-state index in [1.165, 1.54) is 11.1 Å². The molecule has 0 aliphatic carbocycles. The number of methoxy groups -OCH3 is 1. The number of carbonyl (C=O) groups is 1. The first kappa shape index (κ1) is 17.1. The number of hydrogen-bond donors (Lipinski definition) is 1. The molecule has 4 nitrogen and oxygen atoms in total. The summed E-state index contributed by atoms with van der Waals surface area (Å²) in [6, 6.07) is 13.6. The fourth-order valence-corrected chi connectivity index (χ4v) is 3.15. The number of benzene rings is 2. The van der Waals surface area contributed by atoms with Crippen molar-refractivity contribution in [2.24, 2.45) is 0 Å². The van der Waals surface area contributed by atoms with Gasteiger partial charge in [-0.05, 0) is 43.5 Å². The molecule has 0 spiro atoms. The quantitative estimate of drug-likeness (QED) is 0.717. The van der Waals surface area contributed by atoms with Crippen molar-refractivity contribution in [1.82, 2.24) is 5.32 Å². The van der Waals surface area contributed by atoms with Crippen LogP contribution in [-0.4, -0.2) is 13.0 Å². The lowest BCUT2D eigenvalue weighted by Crippen LogP contribution is -2.28. The first-order chi connectivity index (χ1) is 12.0. The number of aryl methyl sites for hydroxylation is 2. The molecule has 2 aromatic carbocycles. The van der Waals surface area contributed by atoms with Crippen LogP contribution in [0.1, 0.15) is 46.6 Å². The van der Waals surface area contributed by atoms with Crippen molar-refractivity contribution in [1.29, 1.82) is 0 Å². The van der Waals surface area contributed by atoms with Gasteiger partial charge in [0.25, 0.3) is 5.91 Å². The Hall–Kier alpha value is -2.75. The minimum atomic E-state index is -0.218. The molecule has 25 heavy (non-hydrogen) atoms. The van der Waals surface area contributed by atoms with Gasteiger partial charge in [0.05, 0.1) is 13.2 Å². The molecule has 3 aromatic rings. The lowest BCUT2D eigenvalue weighted by Gasteiger charge is -2.19. The molecule has 1 amide bonds. The van der Waals surface area contributed by atoms with E-state index in [-0.39, 0.29) is 11.9 Å². The van der Waals surface area contributed by atoms with Gasteiger partial charge in [-0.1, -0.05) is 42.8 Å². The molecule has 0 saturated carbocycles. The zero-order valence-electron chi connectivity index (χ0n) is 15.1. The lowest BCUT2D eigenvalue weighted by molar-refractivity contribution is 0.0909. The van der Waals surface area contributed by atoms with Crippen molar-refractivity contribution in [3.05, 3.63) is 64.9 Å². The zero-order valence-corrected chi connectivity index (χ0v) is 15.1. The predicted octanol–water partition coefficient (Wildman–Crippen LogP) is 4.94. The highest BCUT2D eigenvalue weighted by Crippen LogP contribution is 2.29. The SMILES string of the molecule is CCC(NC(=O)c1cc2cccc(OC)c2o1)c1ccc(C)cc1C. The third-order valence-electron chi connectivity index (χ3n) is 4.47. The number of para-hydroxylation sites is 1. The summed E-state index contributed by atoms with van der Waals surface area (Å²) in [5, 5.41) is 3.94. The number of furan rings is 1. The molecule has 0 aliphatic heterocycles. The topological polar surface area (TPSA) is 51.5 Å². The Morgan fingerprint density at radius 2 is 2.00 bits per heavy atom. The third kappa shape index (κ3) is 3.38. The minimum absolute atomic E-state index is 0.0526. The summed E-state index contributed by atoms with van der Waals surface area (Å²) < 4.78 is 11.0. The molecule has 0 saturated heterocycles. The lowest BCUT2D eigenvalue weighted by atomic mass is 9.97. The van der Waals surface area contributed by atoms with Gasteiger partial charge in [0, 0.05) is 5.39 Å². The van der Waals surface area contributed by atoms with E-state index < -0.39 is 0 Å². The number of hydrogen-bond acceptors (Lipinski definition) is 3. The standard InChI is InChI=1S/C21H23NO3/c1-5-17(16-10-9-13(2)11-14(16)3)22-21(23)19-12-15-7-6-8-18(24-4)20(15)25-19/h6-12,17H,5H2,1-4H3,(H,22,23). The number of amides is 1. The van der Waals surface area contributed by atoms with Gasteiger partial charge in [-0.2, -0.15) is 0 Å². The Morgan fingerprint density at radius 1 is 1.20 bits per heavy atom. The van der Waals surface area contributed by atoms with Crippen LogP contribution in [0.3, 0.4) is 0 Å². The van der Waals surface area contributed by atoms with Crippen LogP contribution in [0, 0.1) is 13.8 Å². The maximum absolute atomic E-state index is 12.7. The summed E-state index contributed by atoms with van der Waals surface area (Å²) in [4.78, 5) is 12.7. The van der Waals surface area contributed by atoms with Gasteiger partial charge in [0.15, 0.2) is 17.1 Å². The first-order valence-corrected chi connectivity index (χ1v) is 8.48. The molecule has 0 fully saturated rings. The fraction of sp³-hybridized carbons (Fsp3) is 0.286. The zero-order chi connectivity index (χ0) is 18.0. The molecule has 1 aromatic heterocycles. The average Bonchev–Trinajstić information content (AvgIpc) is 3.04. The van der Waals surface area contributed by atoms with E-state index in [1.807, 2.05) is 18.2 Å². The van der Waals surface area contributed by atoms with Gasteiger partial charge >= 0.3 is 0 Å². The number of nitrogens with one attached hydrogen (secondary N) is 1. The van der Waals surface area contributed by atoms with Crippen LogP contribution < -0.4 is 10.1 Å². The summed E-state index contributed by atoms with van der Waals surface area (Å²) in [6.45, 7) is 6.20. The monoisotopic (exact) mass is 337 g/mol. The second-order valence-corrected chi connectivity index (χ2v) is 6.28. The Morgan fingerprint density at radius 3 is 2.68 bits per heavy atom. The molecular weight excluding hydrogens is 314 g/mol. The maximum Gasteiger partial charge on any atom is 0.287 e. The molecule has 1 N–H and O–H groups in total. The molecule has 1 heterocycles. The van der Waals surface area contributed by atoms with Gasteiger partial charge in [-0.25, -0.2) is 0 Å². The van der Waals surface area contributed by atoms with E-state index in [0.717, 1.165) is 17.4 Å². The van der Waals surface area contributed by atoms with Crippen molar-refractivity contribution >= 4 is 16.9 Å². The number of rotatable bonds is 5. The molecule has 1 atom stereocenters. The Bertz CT molecular complexity index is 911. The van der Waals surface area contributed by atoms with E-state index in [2.05, 4.69) is 44.3 Å². The molecule has 4 heteroatoms. The van der Waals surface area contributed by atoms with Crippen molar-refractivity contribution in [2.75, 3.05) is 7.11 Å². The highest BCUT2D eigenvalue weighted by molar-refractivity contribution is 5.97.